The third-order valence-corrected chi connectivity index (χ3v) is 7.70. The number of allylic oxidation sites excluding steroid dienone is 5. The Balaban J connectivity index is 1.55. The zero-order valence-corrected chi connectivity index (χ0v) is 20.3. The summed E-state index contributed by atoms with van der Waals surface area (Å²) in [6, 6.07) is 6.34. The molecule has 0 amide bonds. The van der Waals surface area contributed by atoms with Crippen LogP contribution in [0.4, 0.5) is 10.1 Å². The van der Waals surface area contributed by atoms with Crippen molar-refractivity contribution in [3.8, 4) is 0 Å². The van der Waals surface area contributed by atoms with Gasteiger partial charge in [-0.1, -0.05) is 23.3 Å². The van der Waals surface area contributed by atoms with Gasteiger partial charge in [0.2, 0.25) is 0 Å². The highest BCUT2D eigenvalue weighted by molar-refractivity contribution is 5.81. The van der Waals surface area contributed by atoms with Crippen molar-refractivity contribution in [3.63, 3.8) is 0 Å². The van der Waals surface area contributed by atoms with Gasteiger partial charge in [0.25, 0.3) is 0 Å². The Morgan fingerprint density at radius 3 is 2.58 bits per heavy atom. The smallest absolute Gasteiger partial charge is 0.123 e. The second-order valence-electron chi connectivity index (χ2n) is 9.97. The zero-order chi connectivity index (χ0) is 23.6. The van der Waals surface area contributed by atoms with Crippen molar-refractivity contribution in [1.82, 2.24) is 0 Å². The number of hydrogen-bond acceptors (Lipinski definition) is 4. The van der Waals surface area contributed by atoms with Crippen LogP contribution in [0.15, 0.2) is 68.9 Å². The molecule has 4 nitrogen and oxygen atoms in total. The van der Waals surface area contributed by atoms with Gasteiger partial charge in [-0.2, -0.15) is 5.10 Å². The summed E-state index contributed by atoms with van der Waals surface area (Å²) in [6.45, 7) is 6.14. The molecule has 3 aliphatic carbocycles. The lowest BCUT2D eigenvalue weighted by Gasteiger charge is -2.46. The first kappa shape index (κ1) is 23.6. The van der Waals surface area contributed by atoms with Gasteiger partial charge >= 0.3 is 0 Å². The molecule has 3 aliphatic rings. The molecule has 1 aromatic carbocycles. The number of anilines is 1. The van der Waals surface area contributed by atoms with Gasteiger partial charge in [0.05, 0.1) is 17.5 Å². The van der Waals surface area contributed by atoms with Gasteiger partial charge < -0.3 is 5.11 Å². The molecule has 1 unspecified atom stereocenters. The molecule has 2 fully saturated rings. The molecule has 5 heteroatoms. The quantitative estimate of drug-likeness (QED) is 0.359. The van der Waals surface area contributed by atoms with Crippen LogP contribution in [0, 0.1) is 17.2 Å². The molecule has 0 radical (unpaired) electrons. The normalized spacial score (nSPS) is 27.0. The Hall–Kier alpha value is -2.53. The predicted octanol–water partition coefficient (Wildman–Crippen LogP) is 6.59. The van der Waals surface area contributed by atoms with Crippen LogP contribution in [0.5, 0.6) is 0 Å². The Morgan fingerprint density at radius 2 is 1.94 bits per heavy atom. The fourth-order valence-electron chi connectivity index (χ4n) is 5.79. The highest BCUT2D eigenvalue weighted by Crippen LogP contribution is 2.66. The predicted molar refractivity (Wildman–Crippen MR) is 135 cm³/mol. The van der Waals surface area contributed by atoms with E-state index < -0.39 is 5.60 Å². The van der Waals surface area contributed by atoms with Crippen LogP contribution in [-0.4, -0.2) is 30.2 Å². The van der Waals surface area contributed by atoms with Crippen molar-refractivity contribution in [3.05, 3.63) is 64.7 Å². The van der Waals surface area contributed by atoms with Crippen molar-refractivity contribution < 1.29 is 9.50 Å². The first-order valence-corrected chi connectivity index (χ1v) is 12.1. The molecule has 0 saturated heterocycles. The maximum absolute atomic E-state index is 13.2. The van der Waals surface area contributed by atoms with Crippen LogP contribution >= 0.6 is 0 Å². The largest absolute Gasteiger partial charge is 0.389 e. The summed E-state index contributed by atoms with van der Waals surface area (Å²) in [5, 5.41) is 18.5. The van der Waals surface area contributed by atoms with Gasteiger partial charge in [0.1, 0.15) is 5.82 Å². The number of fused-ring (bicyclic) bond motifs is 1. The van der Waals surface area contributed by atoms with Gasteiger partial charge in [-0.3, -0.25) is 10.0 Å². The third-order valence-electron chi connectivity index (χ3n) is 7.70. The van der Waals surface area contributed by atoms with Crippen molar-refractivity contribution in [2.24, 2.45) is 21.4 Å². The van der Waals surface area contributed by atoms with Gasteiger partial charge in [-0.15, -0.1) is 0 Å². The molecule has 2 saturated carbocycles. The summed E-state index contributed by atoms with van der Waals surface area (Å²) >= 11 is 0. The van der Waals surface area contributed by atoms with Crippen molar-refractivity contribution in [2.75, 3.05) is 12.1 Å². The van der Waals surface area contributed by atoms with E-state index in [2.05, 4.69) is 36.1 Å². The van der Waals surface area contributed by atoms with Gasteiger partial charge in [0, 0.05) is 24.4 Å². The second-order valence-corrected chi connectivity index (χ2v) is 9.97. The van der Waals surface area contributed by atoms with E-state index in [0.29, 0.717) is 5.92 Å². The molecule has 1 N–H and O–H groups in total. The molecule has 4 rings (SSSR count). The molecular weight excluding hydrogens is 413 g/mol. The fourth-order valence-corrected chi connectivity index (χ4v) is 5.79. The lowest BCUT2D eigenvalue weighted by molar-refractivity contribution is -0.0657. The van der Waals surface area contributed by atoms with Crippen LogP contribution in [0.1, 0.15) is 65.7 Å². The number of aliphatic hydroxyl groups is 1. The van der Waals surface area contributed by atoms with Crippen LogP contribution in [0.3, 0.4) is 0 Å². The minimum atomic E-state index is -0.722. The summed E-state index contributed by atoms with van der Waals surface area (Å²) in [4.78, 5) is 4.57. The third kappa shape index (κ3) is 4.61. The lowest BCUT2D eigenvalue weighted by Crippen LogP contribution is -2.47. The minimum absolute atomic E-state index is 0.194. The fraction of sp³-hybridized carbons (Fsp3) is 0.500. The Kier molecular flexibility index (Phi) is 6.71. The molecule has 33 heavy (non-hydrogen) atoms. The molecule has 0 aromatic heterocycles. The first-order chi connectivity index (χ1) is 15.8. The molecular formula is C28H36FN3O. The highest BCUT2D eigenvalue weighted by Gasteiger charge is 2.63. The Labute approximate surface area is 197 Å². The van der Waals surface area contributed by atoms with Crippen molar-refractivity contribution in [2.45, 2.75) is 71.3 Å². The van der Waals surface area contributed by atoms with E-state index in [1.54, 1.807) is 17.1 Å². The standard InChI is InChI=1S/C28H36FN3O/c1-5-30-26(20(2)3)15-17-27(33)16-14-23-7-6-21(18-28(23,27)22-8-9-22)19-31-32(4)25-12-10-24(29)11-13-25/h5-7,10-13,19,22,33H,8-9,14-18H2,1-4H3/b30-5?,31-19-/t27-,28?/m1/s1. The summed E-state index contributed by atoms with van der Waals surface area (Å²) in [7, 11) is 1.87. The van der Waals surface area contributed by atoms with Crippen LogP contribution in [0.2, 0.25) is 0 Å². The van der Waals surface area contributed by atoms with Gasteiger partial charge in [-0.05, 0) is 101 Å². The summed E-state index contributed by atoms with van der Waals surface area (Å²) in [5.41, 5.74) is 4.76. The van der Waals surface area contributed by atoms with Gasteiger partial charge in [0.15, 0.2) is 0 Å². The zero-order valence-electron chi connectivity index (χ0n) is 20.3. The first-order valence-electron chi connectivity index (χ1n) is 12.1. The number of hydrogen-bond donors (Lipinski definition) is 1. The molecule has 0 aliphatic heterocycles. The summed E-state index contributed by atoms with van der Waals surface area (Å²) in [5.74, 6) is 0.282. The molecule has 0 spiro atoms. The van der Waals surface area contributed by atoms with Crippen LogP contribution < -0.4 is 5.01 Å². The van der Waals surface area contributed by atoms with E-state index in [1.807, 2.05) is 26.4 Å². The molecule has 2 atom stereocenters. The Bertz CT molecular complexity index is 1030. The SMILES string of the molecule is CC=NC(CC[C@]1(O)CCC2=CC=C(/C=N\N(C)c3ccc(F)cc3)CC21C1CC1)=C(C)C. The number of rotatable bonds is 8. The van der Waals surface area contributed by atoms with E-state index in [9.17, 15) is 9.50 Å². The average molecular weight is 450 g/mol. The summed E-state index contributed by atoms with van der Waals surface area (Å²) < 4.78 is 13.2. The molecule has 0 heterocycles. The maximum Gasteiger partial charge on any atom is 0.123 e. The number of halogens is 1. The molecule has 176 valence electrons. The molecule has 1 aromatic rings. The summed E-state index contributed by atoms with van der Waals surface area (Å²) in [6.07, 6.45) is 14.6. The lowest BCUT2D eigenvalue weighted by atomic mass is 9.61. The Morgan fingerprint density at radius 1 is 1.21 bits per heavy atom. The number of benzene rings is 1. The van der Waals surface area contributed by atoms with E-state index in [0.717, 1.165) is 49.1 Å². The van der Waals surface area contributed by atoms with E-state index >= 15 is 0 Å². The topological polar surface area (TPSA) is 48.2 Å². The number of nitrogens with zero attached hydrogens (tertiary/aromatic N) is 3. The monoisotopic (exact) mass is 449 g/mol. The van der Waals surface area contributed by atoms with Crippen molar-refractivity contribution in [1.29, 1.82) is 0 Å². The number of aliphatic imine (C=N–C) groups is 1. The van der Waals surface area contributed by atoms with E-state index in [1.165, 1.54) is 36.1 Å². The van der Waals surface area contributed by atoms with Crippen LogP contribution in [0.25, 0.3) is 0 Å². The minimum Gasteiger partial charge on any atom is -0.389 e. The van der Waals surface area contributed by atoms with E-state index in [4.69, 9.17) is 0 Å². The van der Waals surface area contributed by atoms with E-state index in [-0.39, 0.29) is 11.2 Å². The molecule has 0 bridgehead atoms. The van der Waals surface area contributed by atoms with Crippen LogP contribution in [-0.2, 0) is 0 Å². The van der Waals surface area contributed by atoms with Gasteiger partial charge in [-0.25, -0.2) is 4.39 Å². The van der Waals surface area contributed by atoms with Crippen molar-refractivity contribution >= 4 is 18.1 Å². The second kappa shape index (κ2) is 9.38. The maximum atomic E-state index is 13.2. The average Bonchev–Trinajstić information content (AvgIpc) is 3.61. The highest BCUT2D eigenvalue weighted by atomic mass is 19.1. The number of hydrazone groups is 1.